The Kier molecular flexibility index (Phi) is 4.20. The second-order valence-electron chi connectivity index (χ2n) is 4.96. The molecule has 0 aliphatic carbocycles. The minimum Gasteiger partial charge on any atom is -0.508 e. The van der Waals surface area contributed by atoms with Crippen LogP contribution in [0.4, 0.5) is 5.69 Å². The maximum atomic E-state index is 12.2. The summed E-state index contributed by atoms with van der Waals surface area (Å²) in [7, 11) is -3.63. The van der Waals surface area contributed by atoms with Gasteiger partial charge in [0.15, 0.2) is 0 Å². The van der Waals surface area contributed by atoms with Crippen molar-refractivity contribution in [2.75, 3.05) is 5.73 Å². The summed E-state index contributed by atoms with van der Waals surface area (Å²) < 4.78 is 26.9. The zero-order valence-corrected chi connectivity index (χ0v) is 12.7. The van der Waals surface area contributed by atoms with E-state index in [4.69, 9.17) is 5.73 Å². The molecule has 6 heteroatoms. The van der Waals surface area contributed by atoms with Crippen LogP contribution in [0.5, 0.6) is 5.75 Å². The van der Waals surface area contributed by atoms with Gasteiger partial charge in [-0.25, -0.2) is 13.1 Å². The van der Waals surface area contributed by atoms with Gasteiger partial charge in [-0.05, 0) is 55.3 Å². The number of aromatic hydroxyl groups is 1. The molecule has 21 heavy (non-hydrogen) atoms. The average molecular weight is 306 g/mol. The number of nitrogens with one attached hydrogen (secondary N) is 1. The first-order valence-electron chi connectivity index (χ1n) is 6.44. The highest BCUT2D eigenvalue weighted by Gasteiger charge is 2.15. The number of rotatable bonds is 4. The normalized spacial score (nSPS) is 11.5. The molecule has 0 amide bonds. The van der Waals surface area contributed by atoms with Gasteiger partial charge >= 0.3 is 0 Å². The molecule has 4 N–H and O–H groups in total. The molecule has 2 rings (SSSR count). The second kappa shape index (κ2) is 5.75. The predicted octanol–water partition coefficient (Wildman–Crippen LogP) is 2.07. The summed E-state index contributed by atoms with van der Waals surface area (Å²) in [6.07, 6.45) is 0. The van der Waals surface area contributed by atoms with Gasteiger partial charge in [-0.1, -0.05) is 6.07 Å². The summed E-state index contributed by atoms with van der Waals surface area (Å²) in [4.78, 5) is 0.203. The first-order valence-corrected chi connectivity index (χ1v) is 7.92. The molecule has 0 bridgehead atoms. The lowest BCUT2D eigenvalue weighted by Crippen LogP contribution is -2.23. The molecule has 0 spiro atoms. The molecule has 0 aromatic heterocycles. The number of nitrogens with two attached hydrogens (primary N) is 1. The standard InChI is InChI=1S/C15H18N2O3S/c1-10-3-5-14(7-11(10)2)21(19,20)17-9-12-8-13(16)4-6-15(12)18/h3-8,17-18H,9,16H2,1-2H3. The highest BCUT2D eigenvalue weighted by molar-refractivity contribution is 7.89. The van der Waals surface area contributed by atoms with Gasteiger partial charge in [0.1, 0.15) is 5.75 Å². The van der Waals surface area contributed by atoms with Gasteiger partial charge in [-0.15, -0.1) is 0 Å². The number of hydrogen-bond acceptors (Lipinski definition) is 4. The number of anilines is 1. The summed E-state index contributed by atoms with van der Waals surface area (Å²) >= 11 is 0. The highest BCUT2D eigenvalue weighted by Crippen LogP contribution is 2.21. The van der Waals surface area contributed by atoms with Crippen LogP contribution in [0.15, 0.2) is 41.3 Å². The minimum absolute atomic E-state index is 0.00647. The molecule has 0 atom stereocenters. The lowest BCUT2D eigenvalue weighted by Gasteiger charge is -2.10. The molecule has 0 saturated heterocycles. The van der Waals surface area contributed by atoms with Gasteiger partial charge in [0, 0.05) is 17.8 Å². The maximum absolute atomic E-state index is 12.2. The van der Waals surface area contributed by atoms with E-state index in [2.05, 4.69) is 4.72 Å². The zero-order valence-electron chi connectivity index (χ0n) is 11.9. The number of aryl methyl sites for hydroxylation is 2. The number of nitrogen functional groups attached to an aromatic ring is 1. The van der Waals surface area contributed by atoms with E-state index < -0.39 is 10.0 Å². The molecule has 0 aliphatic rings. The fraction of sp³-hybridized carbons (Fsp3) is 0.200. The Morgan fingerprint density at radius 1 is 1.10 bits per heavy atom. The van der Waals surface area contributed by atoms with Gasteiger partial charge in [0.25, 0.3) is 0 Å². The van der Waals surface area contributed by atoms with Gasteiger partial charge < -0.3 is 10.8 Å². The van der Waals surface area contributed by atoms with Crippen molar-refractivity contribution >= 4 is 15.7 Å². The molecule has 2 aromatic carbocycles. The second-order valence-corrected chi connectivity index (χ2v) is 6.73. The smallest absolute Gasteiger partial charge is 0.240 e. The SMILES string of the molecule is Cc1ccc(S(=O)(=O)NCc2cc(N)ccc2O)cc1C. The van der Waals surface area contributed by atoms with Gasteiger partial charge in [0.2, 0.25) is 10.0 Å². The number of phenolic OH excluding ortho intramolecular Hbond substituents is 1. The van der Waals surface area contributed by atoms with Crippen LogP contribution in [0.3, 0.4) is 0 Å². The topological polar surface area (TPSA) is 92.4 Å². The zero-order chi connectivity index (χ0) is 15.6. The number of phenols is 1. The van der Waals surface area contributed by atoms with Gasteiger partial charge in [-0.3, -0.25) is 0 Å². The highest BCUT2D eigenvalue weighted by atomic mass is 32.2. The van der Waals surface area contributed by atoms with Crippen LogP contribution >= 0.6 is 0 Å². The van der Waals surface area contributed by atoms with Crippen molar-refractivity contribution in [3.63, 3.8) is 0 Å². The van der Waals surface area contributed by atoms with E-state index in [0.29, 0.717) is 11.3 Å². The third kappa shape index (κ3) is 3.53. The Labute approximate surface area is 124 Å². The Hall–Kier alpha value is -2.05. The molecule has 0 aliphatic heterocycles. The molecule has 112 valence electrons. The number of hydrogen-bond donors (Lipinski definition) is 3. The van der Waals surface area contributed by atoms with Crippen molar-refractivity contribution < 1.29 is 13.5 Å². The van der Waals surface area contributed by atoms with Crippen LogP contribution in [-0.2, 0) is 16.6 Å². The van der Waals surface area contributed by atoms with E-state index in [0.717, 1.165) is 11.1 Å². The van der Waals surface area contributed by atoms with Crippen LogP contribution < -0.4 is 10.5 Å². The molecule has 0 unspecified atom stereocenters. The molecule has 0 fully saturated rings. The third-order valence-corrected chi connectivity index (χ3v) is 4.74. The van der Waals surface area contributed by atoms with E-state index in [-0.39, 0.29) is 17.2 Å². The summed E-state index contributed by atoms with van der Waals surface area (Å²) in [5.74, 6) is 0.00647. The quantitative estimate of drug-likeness (QED) is 0.595. The van der Waals surface area contributed by atoms with E-state index >= 15 is 0 Å². The van der Waals surface area contributed by atoms with Crippen molar-refractivity contribution in [2.45, 2.75) is 25.3 Å². The van der Waals surface area contributed by atoms with Crippen molar-refractivity contribution in [2.24, 2.45) is 0 Å². The lowest BCUT2D eigenvalue weighted by molar-refractivity contribution is 0.467. The van der Waals surface area contributed by atoms with Crippen LogP contribution in [0, 0.1) is 13.8 Å². The molecule has 5 nitrogen and oxygen atoms in total. The maximum Gasteiger partial charge on any atom is 0.240 e. The summed E-state index contributed by atoms with van der Waals surface area (Å²) in [5, 5.41) is 9.69. The van der Waals surface area contributed by atoms with Crippen molar-refractivity contribution in [1.82, 2.24) is 4.72 Å². The minimum atomic E-state index is -3.63. The molecular formula is C15H18N2O3S. The van der Waals surface area contributed by atoms with E-state index in [1.54, 1.807) is 24.3 Å². The van der Waals surface area contributed by atoms with E-state index in [1.807, 2.05) is 13.8 Å². The Bertz CT molecular complexity index is 770. The monoisotopic (exact) mass is 306 g/mol. The Morgan fingerprint density at radius 3 is 2.48 bits per heavy atom. The van der Waals surface area contributed by atoms with Gasteiger partial charge in [-0.2, -0.15) is 0 Å². The molecule has 0 heterocycles. The molecule has 0 saturated carbocycles. The van der Waals surface area contributed by atoms with Gasteiger partial charge in [0.05, 0.1) is 4.90 Å². The first-order chi connectivity index (χ1) is 9.79. The van der Waals surface area contributed by atoms with Crippen molar-refractivity contribution in [3.8, 4) is 5.75 Å². The van der Waals surface area contributed by atoms with E-state index in [1.165, 1.54) is 12.1 Å². The Morgan fingerprint density at radius 2 is 1.81 bits per heavy atom. The summed E-state index contributed by atoms with van der Waals surface area (Å²) in [6.45, 7) is 3.76. The van der Waals surface area contributed by atoms with Crippen LogP contribution in [0.2, 0.25) is 0 Å². The predicted molar refractivity (Wildman–Crippen MR) is 82.5 cm³/mol. The molecule has 0 radical (unpaired) electrons. The first kappa shape index (κ1) is 15.3. The number of benzene rings is 2. The van der Waals surface area contributed by atoms with Crippen molar-refractivity contribution in [3.05, 3.63) is 53.1 Å². The average Bonchev–Trinajstić information content (AvgIpc) is 2.43. The summed E-state index contributed by atoms with van der Waals surface area (Å²) in [6, 6.07) is 9.48. The van der Waals surface area contributed by atoms with Crippen LogP contribution in [-0.4, -0.2) is 13.5 Å². The largest absolute Gasteiger partial charge is 0.508 e. The third-order valence-electron chi connectivity index (χ3n) is 3.34. The lowest BCUT2D eigenvalue weighted by atomic mass is 10.1. The number of sulfonamides is 1. The van der Waals surface area contributed by atoms with Crippen LogP contribution in [0.25, 0.3) is 0 Å². The summed E-state index contributed by atoms with van der Waals surface area (Å²) in [5.41, 5.74) is 8.46. The fourth-order valence-electron chi connectivity index (χ4n) is 1.88. The van der Waals surface area contributed by atoms with Crippen molar-refractivity contribution in [1.29, 1.82) is 0 Å². The van der Waals surface area contributed by atoms with E-state index in [9.17, 15) is 13.5 Å². The van der Waals surface area contributed by atoms with Crippen LogP contribution in [0.1, 0.15) is 16.7 Å². The fourth-order valence-corrected chi connectivity index (χ4v) is 2.98. The molecular weight excluding hydrogens is 288 g/mol. The Balaban J connectivity index is 2.21. The molecule has 2 aromatic rings.